The molecule has 1 aliphatic heterocycles. The molecule has 0 amide bonds. The van der Waals surface area contributed by atoms with Gasteiger partial charge in [-0.25, -0.2) is 14.2 Å². The van der Waals surface area contributed by atoms with Gasteiger partial charge in [0.25, 0.3) is 0 Å². The van der Waals surface area contributed by atoms with E-state index in [0.29, 0.717) is 29.9 Å². The van der Waals surface area contributed by atoms with Gasteiger partial charge in [-0.1, -0.05) is 12.1 Å². The summed E-state index contributed by atoms with van der Waals surface area (Å²) in [5.41, 5.74) is 3.58. The summed E-state index contributed by atoms with van der Waals surface area (Å²) in [5.74, 6) is 1.37. The average Bonchev–Trinajstić information content (AvgIpc) is 2.78. The zero-order valence-corrected chi connectivity index (χ0v) is 19.8. The third-order valence-corrected chi connectivity index (χ3v) is 5.80. The molecule has 0 saturated carbocycles. The molecule has 0 atom stereocenters. The SMILES string of the molecule is CS(C)(=O)=Nc1cccc(Nc2nc(Nc3ccc4c(c3)CN(CCO)CC4)ncc2C#N)n1. The number of benzene rings is 1. The topological polar surface area (TPSA) is 139 Å². The molecule has 4 rings (SSSR count). The lowest BCUT2D eigenvalue weighted by Gasteiger charge is -2.28. The van der Waals surface area contributed by atoms with Crippen molar-refractivity contribution in [3.8, 4) is 6.07 Å². The van der Waals surface area contributed by atoms with Crippen molar-refractivity contribution in [2.45, 2.75) is 13.0 Å². The highest BCUT2D eigenvalue weighted by atomic mass is 32.2. The maximum atomic E-state index is 12.0. The highest BCUT2D eigenvalue weighted by Crippen LogP contribution is 2.25. The van der Waals surface area contributed by atoms with Crippen LogP contribution in [0.4, 0.5) is 29.1 Å². The van der Waals surface area contributed by atoms with E-state index in [1.807, 2.05) is 6.07 Å². The zero-order chi connectivity index (χ0) is 24.1. The Kier molecular flexibility index (Phi) is 7.02. The minimum atomic E-state index is -2.35. The van der Waals surface area contributed by atoms with Gasteiger partial charge in [-0.3, -0.25) is 4.90 Å². The molecule has 0 aliphatic carbocycles. The van der Waals surface area contributed by atoms with E-state index in [2.05, 4.69) is 53.1 Å². The quantitative estimate of drug-likeness (QED) is 0.467. The highest BCUT2D eigenvalue weighted by Gasteiger charge is 2.16. The summed E-state index contributed by atoms with van der Waals surface area (Å²) < 4.78 is 16.1. The van der Waals surface area contributed by atoms with Gasteiger partial charge in [-0.05, 0) is 41.8 Å². The predicted molar refractivity (Wildman–Crippen MR) is 132 cm³/mol. The lowest BCUT2D eigenvalue weighted by atomic mass is 9.99. The number of rotatable bonds is 7. The standard InChI is InChI=1S/C23H26N8O2S/c1-34(2,33)30-21-5-3-4-20(27-21)28-22-18(13-24)14-25-23(29-22)26-19-7-6-16-8-9-31(10-11-32)15-17(16)12-19/h3-7,12,14,32H,8-11,15H2,1-2H3,(H2,25,26,27,28,29). The van der Waals surface area contributed by atoms with Crippen LogP contribution in [0.15, 0.2) is 47.0 Å². The Morgan fingerprint density at radius 2 is 2.06 bits per heavy atom. The van der Waals surface area contributed by atoms with Gasteiger partial charge in [0.15, 0.2) is 11.6 Å². The van der Waals surface area contributed by atoms with Crippen LogP contribution in [0, 0.1) is 11.3 Å². The number of nitrogens with one attached hydrogen (secondary N) is 2. The molecule has 0 bridgehead atoms. The molecule has 2 aromatic heterocycles. The van der Waals surface area contributed by atoms with Gasteiger partial charge in [-0.2, -0.15) is 14.6 Å². The first-order valence-corrected chi connectivity index (χ1v) is 13.1. The Hall–Kier alpha value is -3.59. The second-order valence-electron chi connectivity index (χ2n) is 8.20. The van der Waals surface area contributed by atoms with E-state index in [1.165, 1.54) is 29.8 Å². The van der Waals surface area contributed by atoms with E-state index in [-0.39, 0.29) is 12.2 Å². The summed E-state index contributed by atoms with van der Waals surface area (Å²) >= 11 is 0. The lowest BCUT2D eigenvalue weighted by molar-refractivity contribution is 0.184. The second kappa shape index (κ2) is 10.1. The summed E-state index contributed by atoms with van der Waals surface area (Å²) in [5, 5.41) is 25.0. The van der Waals surface area contributed by atoms with Gasteiger partial charge in [-0.15, -0.1) is 0 Å². The molecule has 3 heterocycles. The highest BCUT2D eigenvalue weighted by molar-refractivity contribution is 7.92. The van der Waals surface area contributed by atoms with Gasteiger partial charge in [0.2, 0.25) is 5.95 Å². The number of aliphatic hydroxyl groups excluding tert-OH is 1. The first-order chi connectivity index (χ1) is 16.3. The third-order valence-electron chi connectivity index (χ3n) is 5.17. The Morgan fingerprint density at radius 3 is 2.82 bits per heavy atom. The molecule has 1 aromatic carbocycles. The van der Waals surface area contributed by atoms with Crippen LogP contribution in [0.5, 0.6) is 0 Å². The summed E-state index contributed by atoms with van der Waals surface area (Å²) in [7, 11) is -2.35. The van der Waals surface area contributed by atoms with E-state index in [9.17, 15) is 14.6 Å². The fraction of sp³-hybridized carbons (Fsp3) is 0.304. The van der Waals surface area contributed by atoms with Crippen molar-refractivity contribution >= 4 is 38.8 Å². The van der Waals surface area contributed by atoms with Crippen LogP contribution in [0.1, 0.15) is 16.7 Å². The predicted octanol–water partition coefficient (Wildman–Crippen LogP) is 2.94. The number of hydrogen-bond acceptors (Lipinski definition) is 10. The summed E-state index contributed by atoms with van der Waals surface area (Å²) in [6, 6.07) is 13.3. The maximum Gasteiger partial charge on any atom is 0.229 e. The van der Waals surface area contributed by atoms with Crippen molar-refractivity contribution in [3.05, 3.63) is 59.3 Å². The fourth-order valence-corrected chi connectivity index (χ4v) is 4.22. The van der Waals surface area contributed by atoms with Crippen LogP contribution in [0.2, 0.25) is 0 Å². The number of hydrogen-bond donors (Lipinski definition) is 3. The van der Waals surface area contributed by atoms with E-state index >= 15 is 0 Å². The molecular formula is C23H26N8O2S. The number of β-amino-alcohol motifs (C(OH)–C–C–N with tert-alkyl or cyclic N) is 1. The molecule has 0 saturated heterocycles. The first-order valence-electron chi connectivity index (χ1n) is 10.7. The van der Waals surface area contributed by atoms with Crippen LogP contribution in [0.3, 0.4) is 0 Å². The van der Waals surface area contributed by atoms with E-state index in [0.717, 1.165) is 25.2 Å². The number of anilines is 4. The van der Waals surface area contributed by atoms with Gasteiger partial charge >= 0.3 is 0 Å². The van der Waals surface area contributed by atoms with Gasteiger partial charge in [0.05, 0.1) is 12.8 Å². The maximum absolute atomic E-state index is 12.0. The number of pyridine rings is 1. The molecule has 0 unspecified atom stereocenters. The molecule has 11 heteroatoms. The van der Waals surface area contributed by atoms with Crippen LogP contribution < -0.4 is 10.6 Å². The van der Waals surface area contributed by atoms with Crippen molar-refractivity contribution in [1.29, 1.82) is 5.26 Å². The molecule has 3 aromatic rings. The van der Waals surface area contributed by atoms with Crippen molar-refractivity contribution in [3.63, 3.8) is 0 Å². The first kappa shape index (κ1) is 23.6. The van der Waals surface area contributed by atoms with E-state index < -0.39 is 9.73 Å². The Balaban J connectivity index is 1.56. The average molecular weight is 479 g/mol. The number of aromatic nitrogens is 3. The van der Waals surface area contributed by atoms with E-state index in [4.69, 9.17) is 0 Å². The normalized spacial score (nSPS) is 13.6. The Labute approximate surface area is 198 Å². The zero-order valence-electron chi connectivity index (χ0n) is 19.0. The smallest absolute Gasteiger partial charge is 0.229 e. The van der Waals surface area contributed by atoms with Crippen molar-refractivity contribution in [2.75, 3.05) is 42.8 Å². The molecule has 3 N–H and O–H groups in total. The summed E-state index contributed by atoms with van der Waals surface area (Å²) in [6.45, 7) is 2.51. The van der Waals surface area contributed by atoms with Crippen molar-refractivity contribution < 1.29 is 9.32 Å². The molecule has 0 fully saturated rings. The monoisotopic (exact) mass is 478 g/mol. The second-order valence-corrected chi connectivity index (χ2v) is 10.7. The third kappa shape index (κ3) is 6.05. The molecular weight excluding hydrogens is 452 g/mol. The van der Waals surface area contributed by atoms with Gasteiger partial charge in [0.1, 0.15) is 17.5 Å². The molecule has 1 aliphatic rings. The lowest BCUT2D eigenvalue weighted by Crippen LogP contribution is -2.32. The number of fused-ring (bicyclic) bond motifs is 1. The molecule has 176 valence electrons. The molecule has 10 nitrogen and oxygen atoms in total. The van der Waals surface area contributed by atoms with Gasteiger partial charge < -0.3 is 15.7 Å². The van der Waals surface area contributed by atoms with E-state index in [1.54, 1.807) is 18.2 Å². The minimum Gasteiger partial charge on any atom is -0.395 e. The Bertz CT molecular complexity index is 1350. The van der Waals surface area contributed by atoms with Crippen LogP contribution >= 0.6 is 0 Å². The summed E-state index contributed by atoms with van der Waals surface area (Å²) in [6.07, 6.45) is 5.46. The largest absolute Gasteiger partial charge is 0.395 e. The fourth-order valence-electron chi connectivity index (χ4n) is 3.66. The number of aliphatic hydroxyl groups is 1. The van der Waals surface area contributed by atoms with Crippen LogP contribution in [-0.4, -0.2) is 61.4 Å². The Morgan fingerprint density at radius 1 is 1.21 bits per heavy atom. The van der Waals surface area contributed by atoms with Crippen molar-refractivity contribution in [2.24, 2.45) is 4.36 Å². The van der Waals surface area contributed by atoms with Gasteiger partial charge in [0, 0.05) is 47.6 Å². The molecule has 34 heavy (non-hydrogen) atoms. The summed E-state index contributed by atoms with van der Waals surface area (Å²) in [4.78, 5) is 15.3. The molecule has 0 spiro atoms. The van der Waals surface area contributed by atoms with Crippen LogP contribution in [-0.2, 0) is 22.7 Å². The molecule has 0 radical (unpaired) electrons. The van der Waals surface area contributed by atoms with Crippen LogP contribution in [0.25, 0.3) is 0 Å². The number of nitrogens with zero attached hydrogens (tertiary/aromatic N) is 6. The minimum absolute atomic E-state index is 0.143. The number of nitriles is 1. The van der Waals surface area contributed by atoms with Crippen molar-refractivity contribution in [1.82, 2.24) is 19.9 Å².